The van der Waals surface area contributed by atoms with Gasteiger partial charge in [0.2, 0.25) is 0 Å². The predicted octanol–water partition coefficient (Wildman–Crippen LogP) is 1.66. The van der Waals surface area contributed by atoms with Crippen LogP contribution >= 0.6 is 11.3 Å². The topological polar surface area (TPSA) is 54.0 Å². The third kappa shape index (κ3) is 3.94. The summed E-state index contributed by atoms with van der Waals surface area (Å²) in [6.07, 6.45) is 3.22. The lowest BCUT2D eigenvalue weighted by Gasteiger charge is -2.05. The van der Waals surface area contributed by atoms with Crippen molar-refractivity contribution in [2.24, 2.45) is 0 Å². The zero-order chi connectivity index (χ0) is 12.6. The Hall–Kier alpha value is -1.72. The van der Waals surface area contributed by atoms with E-state index in [-0.39, 0.29) is 5.91 Å². The second-order valence-electron chi connectivity index (χ2n) is 3.75. The monoisotopic (exact) mass is 261 g/mol. The van der Waals surface area contributed by atoms with Crippen molar-refractivity contribution in [3.05, 3.63) is 52.5 Å². The number of carbonyl (C=O) groups excluding carboxylic acids is 1. The lowest BCUT2D eigenvalue weighted by Crippen LogP contribution is -2.31. The number of carbonyl (C=O) groups is 1. The maximum atomic E-state index is 11.7. The maximum absolute atomic E-state index is 11.7. The molecule has 2 N–H and O–H groups in total. The molecule has 0 aliphatic carbocycles. The average molecular weight is 261 g/mol. The second-order valence-corrected chi connectivity index (χ2v) is 4.79. The first-order valence-corrected chi connectivity index (χ1v) is 6.65. The number of aromatic nitrogens is 1. The molecule has 2 aromatic heterocycles. The van der Waals surface area contributed by atoms with Gasteiger partial charge < -0.3 is 10.6 Å². The lowest BCUT2D eigenvalue weighted by atomic mass is 10.3. The van der Waals surface area contributed by atoms with Gasteiger partial charge in [-0.05, 0) is 23.6 Å². The number of nitrogens with one attached hydrogen (secondary N) is 2. The minimum absolute atomic E-state index is 0.0824. The van der Waals surface area contributed by atoms with Gasteiger partial charge >= 0.3 is 0 Å². The standard InChI is InChI=1S/C13H15N3OS/c17-13(11-3-1-5-14-9-11)16-7-6-15-10-12-4-2-8-18-12/h1-5,8-9,15H,6-7,10H2,(H,16,17). The summed E-state index contributed by atoms with van der Waals surface area (Å²) < 4.78 is 0. The Balaban J connectivity index is 1.62. The highest BCUT2D eigenvalue weighted by molar-refractivity contribution is 7.09. The summed E-state index contributed by atoms with van der Waals surface area (Å²) in [5.41, 5.74) is 0.593. The molecule has 5 heteroatoms. The van der Waals surface area contributed by atoms with Gasteiger partial charge in [0, 0.05) is 36.9 Å². The van der Waals surface area contributed by atoms with Crippen LogP contribution in [0.2, 0.25) is 0 Å². The minimum Gasteiger partial charge on any atom is -0.351 e. The van der Waals surface area contributed by atoms with Crippen LogP contribution in [0.3, 0.4) is 0 Å². The Morgan fingerprint density at radius 3 is 2.94 bits per heavy atom. The van der Waals surface area contributed by atoms with Crippen LogP contribution in [-0.2, 0) is 6.54 Å². The Kier molecular flexibility index (Phi) is 4.87. The quantitative estimate of drug-likeness (QED) is 0.778. The van der Waals surface area contributed by atoms with E-state index in [0.29, 0.717) is 12.1 Å². The number of rotatable bonds is 6. The lowest BCUT2D eigenvalue weighted by molar-refractivity contribution is 0.0953. The van der Waals surface area contributed by atoms with E-state index in [0.717, 1.165) is 13.1 Å². The number of hydrogen-bond acceptors (Lipinski definition) is 4. The number of nitrogens with zero attached hydrogens (tertiary/aromatic N) is 1. The van der Waals surface area contributed by atoms with Gasteiger partial charge in [0.25, 0.3) is 5.91 Å². The second kappa shape index (κ2) is 6.88. The van der Waals surface area contributed by atoms with Gasteiger partial charge in [-0.1, -0.05) is 6.07 Å². The molecule has 2 rings (SSSR count). The van der Waals surface area contributed by atoms with Gasteiger partial charge in [0.1, 0.15) is 0 Å². The highest BCUT2D eigenvalue weighted by Crippen LogP contribution is 2.06. The molecular formula is C13H15N3OS. The average Bonchev–Trinajstić information content (AvgIpc) is 2.92. The molecule has 0 aliphatic rings. The Morgan fingerprint density at radius 2 is 2.22 bits per heavy atom. The van der Waals surface area contributed by atoms with Gasteiger partial charge in [-0.3, -0.25) is 9.78 Å². The molecule has 0 aromatic carbocycles. The number of hydrogen-bond donors (Lipinski definition) is 2. The highest BCUT2D eigenvalue weighted by atomic mass is 32.1. The SMILES string of the molecule is O=C(NCCNCc1cccs1)c1cccnc1. The Labute approximate surface area is 110 Å². The van der Waals surface area contributed by atoms with Crippen molar-refractivity contribution in [3.63, 3.8) is 0 Å². The van der Waals surface area contributed by atoms with Gasteiger partial charge in [-0.15, -0.1) is 11.3 Å². The number of pyridine rings is 1. The van der Waals surface area contributed by atoms with Crippen molar-refractivity contribution in [2.45, 2.75) is 6.54 Å². The molecule has 2 aromatic rings. The molecule has 0 aliphatic heterocycles. The number of amides is 1. The first kappa shape index (κ1) is 12.7. The summed E-state index contributed by atoms with van der Waals surface area (Å²) in [6.45, 7) is 2.21. The molecular weight excluding hydrogens is 246 g/mol. The van der Waals surface area contributed by atoms with Crippen molar-refractivity contribution in [1.29, 1.82) is 0 Å². The molecule has 0 atom stereocenters. The Bertz CT molecular complexity index is 470. The molecule has 0 saturated carbocycles. The summed E-state index contributed by atoms with van der Waals surface area (Å²) in [7, 11) is 0. The van der Waals surface area contributed by atoms with Crippen LogP contribution < -0.4 is 10.6 Å². The van der Waals surface area contributed by atoms with Crippen LogP contribution in [0.1, 0.15) is 15.2 Å². The molecule has 0 bridgehead atoms. The smallest absolute Gasteiger partial charge is 0.252 e. The molecule has 18 heavy (non-hydrogen) atoms. The zero-order valence-electron chi connectivity index (χ0n) is 9.93. The molecule has 0 unspecified atom stereocenters. The molecule has 0 fully saturated rings. The molecule has 1 amide bonds. The molecule has 94 valence electrons. The van der Waals surface area contributed by atoms with E-state index in [1.165, 1.54) is 4.88 Å². The highest BCUT2D eigenvalue weighted by Gasteiger charge is 2.03. The molecule has 0 saturated heterocycles. The first-order valence-electron chi connectivity index (χ1n) is 5.77. The van der Waals surface area contributed by atoms with Crippen molar-refractivity contribution >= 4 is 17.2 Å². The van der Waals surface area contributed by atoms with Crippen LogP contribution in [0.4, 0.5) is 0 Å². The fourth-order valence-electron chi connectivity index (χ4n) is 1.49. The molecule has 0 radical (unpaired) electrons. The third-order valence-corrected chi connectivity index (χ3v) is 3.27. The van der Waals surface area contributed by atoms with Gasteiger partial charge in [0.05, 0.1) is 5.56 Å². The van der Waals surface area contributed by atoms with E-state index in [1.807, 2.05) is 6.07 Å². The molecule has 0 spiro atoms. The summed E-state index contributed by atoms with van der Waals surface area (Å²) >= 11 is 1.73. The van der Waals surface area contributed by atoms with Crippen molar-refractivity contribution < 1.29 is 4.79 Å². The summed E-state index contributed by atoms with van der Waals surface area (Å²) in [5.74, 6) is -0.0824. The van der Waals surface area contributed by atoms with Crippen LogP contribution in [0.25, 0.3) is 0 Å². The summed E-state index contributed by atoms with van der Waals surface area (Å²) in [6, 6.07) is 7.63. The minimum atomic E-state index is -0.0824. The van der Waals surface area contributed by atoms with E-state index in [9.17, 15) is 4.79 Å². The van der Waals surface area contributed by atoms with Crippen LogP contribution in [0.15, 0.2) is 42.0 Å². The van der Waals surface area contributed by atoms with Crippen molar-refractivity contribution in [3.8, 4) is 0 Å². The van der Waals surface area contributed by atoms with Crippen molar-refractivity contribution in [1.82, 2.24) is 15.6 Å². The fraction of sp³-hybridized carbons (Fsp3) is 0.231. The zero-order valence-corrected chi connectivity index (χ0v) is 10.7. The molecule has 2 heterocycles. The number of thiophene rings is 1. The van der Waals surface area contributed by atoms with Crippen LogP contribution in [-0.4, -0.2) is 24.0 Å². The van der Waals surface area contributed by atoms with Gasteiger partial charge in [-0.2, -0.15) is 0 Å². The van der Waals surface area contributed by atoms with Gasteiger partial charge in [-0.25, -0.2) is 0 Å². The third-order valence-electron chi connectivity index (χ3n) is 2.39. The maximum Gasteiger partial charge on any atom is 0.252 e. The van der Waals surface area contributed by atoms with E-state index in [1.54, 1.807) is 35.9 Å². The van der Waals surface area contributed by atoms with E-state index < -0.39 is 0 Å². The van der Waals surface area contributed by atoms with Gasteiger partial charge in [0.15, 0.2) is 0 Å². The largest absolute Gasteiger partial charge is 0.351 e. The van der Waals surface area contributed by atoms with Crippen LogP contribution in [0, 0.1) is 0 Å². The molecule has 4 nitrogen and oxygen atoms in total. The first-order chi connectivity index (χ1) is 8.86. The van der Waals surface area contributed by atoms with Crippen molar-refractivity contribution in [2.75, 3.05) is 13.1 Å². The normalized spacial score (nSPS) is 10.2. The van der Waals surface area contributed by atoms with E-state index in [2.05, 4.69) is 27.1 Å². The Morgan fingerprint density at radius 1 is 1.28 bits per heavy atom. The fourth-order valence-corrected chi connectivity index (χ4v) is 2.16. The predicted molar refractivity (Wildman–Crippen MR) is 72.6 cm³/mol. The van der Waals surface area contributed by atoms with E-state index >= 15 is 0 Å². The summed E-state index contributed by atoms with van der Waals surface area (Å²) in [5, 5.41) is 8.17. The van der Waals surface area contributed by atoms with E-state index in [4.69, 9.17) is 0 Å². The summed E-state index contributed by atoms with van der Waals surface area (Å²) in [4.78, 5) is 16.9. The van der Waals surface area contributed by atoms with Crippen LogP contribution in [0.5, 0.6) is 0 Å².